The van der Waals surface area contributed by atoms with Crippen molar-refractivity contribution in [1.29, 1.82) is 0 Å². The molecule has 0 atom stereocenters. The second-order valence-corrected chi connectivity index (χ2v) is 6.32. The Bertz CT molecular complexity index is 1110. The maximum absolute atomic E-state index is 12.2. The Morgan fingerprint density at radius 1 is 1.11 bits per heavy atom. The van der Waals surface area contributed by atoms with Crippen LogP contribution in [0, 0.1) is 0 Å². The lowest BCUT2D eigenvalue weighted by molar-refractivity contribution is 0.0996. The molecule has 1 amide bonds. The number of hydrogen-bond acceptors (Lipinski definition) is 4. The lowest BCUT2D eigenvalue weighted by Crippen LogP contribution is -2.10. The zero-order valence-corrected chi connectivity index (χ0v) is 15.2. The van der Waals surface area contributed by atoms with Crippen molar-refractivity contribution in [2.24, 2.45) is 0 Å². The van der Waals surface area contributed by atoms with Gasteiger partial charge >= 0.3 is 0 Å². The number of amides is 1. The number of carbonyl (C=O) groups is 1. The molecule has 2 aromatic carbocycles. The molecule has 4 rings (SSSR count). The Morgan fingerprint density at radius 2 is 1.93 bits per heavy atom. The van der Waals surface area contributed by atoms with Gasteiger partial charge in [-0.15, -0.1) is 0 Å². The fourth-order valence-electron chi connectivity index (χ4n) is 2.81. The number of aromatic nitrogens is 1. The second-order valence-electron chi connectivity index (χ2n) is 5.88. The molecule has 0 saturated heterocycles. The molecule has 2 aromatic heterocycles. The van der Waals surface area contributed by atoms with Crippen molar-refractivity contribution in [3.63, 3.8) is 0 Å². The van der Waals surface area contributed by atoms with E-state index in [0.29, 0.717) is 16.5 Å². The van der Waals surface area contributed by atoms with Gasteiger partial charge in [-0.25, -0.2) is 4.98 Å². The van der Waals surface area contributed by atoms with Crippen LogP contribution >= 0.6 is 11.6 Å². The SMILES string of the molecule is COc1cc(-c2ccc(Cl)cc2)nc2ccc(NC(=O)c3ccco3)cc12. The van der Waals surface area contributed by atoms with Gasteiger partial charge in [-0.1, -0.05) is 23.7 Å². The molecule has 0 fully saturated rings. The summed E-state index contributed by atoms with van der Waals surface area (Å²) in [6, 6.07) is 18.1. The predicted molar refractivity (Wildman–Crippen MR) is 105 cm³/mol. The zero-order valence-electron chi connectivity index (χ0n) is 14.4. The number of methoxy groups -OCH3 is 1. The highest BCUT2D eigenvalue weighted by molar-refractivity contribution is 6.30. The fraction of sp³-hybridized carbons (Fsp3) is 0.0476. The number of fused-ring (bicyclic) bond motifs is 1. The number of rotatable bonds is 4. The van der Waals surface area contributed by atoms with E-state index in [1.807, 2.05) is 42.5 Å². The molecule has 134 valence electrons. The van der Waals surface area contributed by atoms with Crippen molar-refractivity contribution in [1.82, 2.24) is 4.98 Å². The van der Waals surface area contributed by atoms with Crippen LogP contribution in [-0.2, 0) is 0 Å². The Morgan fingerprint density at radius 3 is 2.63 bits per heavy atom. The number of anilines is 1. The molecule has 0 bridgehead atoms. The molecular formula is C21H15ClN2O3. The van der Waals surface area contributed by atoms with Gasteiger partial charge in [0.1, 0.15) is 5.75 Å². The predicted octanol–water partition coefficient (Wildman–Crippen LogP) is 5.41. The van der Waals surface area contributed by atoms with E-state index in [1.165, 1.54) is 6.26 Å². The highest BCUT2D eigenvalue weighted by Gasteiger charge is 2.12. The number of nitrogens with zero attached hydrogens (tertiary/aromatic N) is 1. The molecule has 4 aromatic rings. The molecule has 0 aliphatic carbocycles. The van der Waals surface area contributed by atoms with Gasteiger partial charge in [0.2, 0.25) is 0 Å². The number of pyridine rings is 1. The minimum atomic E-state index is -0.316. The maximum Gasteiger partial charge on any atom is 0.291 e. The van der Waals surface area contributed by atoms with Crippen molar-refractivity contribution in [2.75, 3.05) is 12.4 Å². The molecule has 5 nitrogen and oxygen atoms in total. The molecule has 0 unspecified atom stereocenters. The Hall–Kier alpha value is -3.31. The van der Waals surface area contributed by atoms with Crippen molar-refractivity contribution in [3.05, 3.63) is 77.7 Å². The van der Waals surface area contributed by atoms with Crippen LogP contribution < -0.4 is 10.1 Å². The van der Waals surface area contributed by atoms with Crippen LogP contribution in [0.25, 0.3) is 22.2 Å². The van der Waals surface area contributed by atoms with Crippen LogP contribution in [0.4, 0.5) is 5.69 Å². The number of hydrogen-bond donors (Lipinski definition) is 1. The zero-order chi connectivity index (χ0) is 18.8. The van der Waals surface area contributed by atoms with Gasteiger partial charge in [-0.05, 0) is 42.5 Å². The first-order valence-corrected chi connectivity index (χ1v) is 8.61. The molecule has 0 aliphatic heterocycles. The van der Waals surface area contributed by atoms with Crippen LogP contribution in [0.5, 0.6) is 5.75 Å². The molecule has 0 spiro atoms. The molecule has 0 saturated carbocycles. The summed E-state index contributed by atoms with van der Waals surface area (Å²) < 4.78 is 10.7. The van der Waals surface area contributed by atoms with E-state index in [4.69, 9.17) is 25.7 Å². The first kappa shape index (κ1) is 17.1. The quantitative estimate of drug-likeness (QED) is 0.515. The highest BCUT2D eigenvalue weighted by atomic mass is 35.5. The van der Waals surface area contributed by atoms with Gasteiger partial charge in [0.05, 0.1) is 24.6 Å². The monoisotopic (exact) mass is 378 g/mol. The number of nitrogens with one attached hydrogen (secondary N) is 1. The van der Waals surface area contributed by atoms with E-state index in [1.54, 1.807) is 25.3 Å². The lowest BCUT2D eigenvalue weighted by atomic mass is 10.1. The summed E-state index contributed by atoms with van der Waals surface area (Å²) >= 11 is 5.96. The standard InChI is InChI=1S/C21H15ClN2O3/c1-26-20-12-18(13-4-6-14(22)7-5-13)24-17-9-8-15(11-16(17)20)23-21(25)19-3-2-10-27-19/h2-12H,1H3,(H,23,25). The average Bonchev–Trinajstić information content (AvgIpc) is 3.23. The largest absolute Gasteiger partial charge is 0.496 e. The third-order valence-corrected chi connectivity index (χ3v) is 4.39. The average molecular weight is 379 g/mol. The van der Waals surface area contributed by atoms with Gasteiger partial charge in [0.25, 0.3) is 5.91 Å². The van der Waals surface area contributed by atoms with Crippen molar-refractivity contribution in [2.45, 2.75) is 0 Å². The minimum absolute atomic E-state index is 0.248. The minimum Gasteiger partial charge on any atom is -0.496 e. The molecule has 27 heavy (non-hydrogen) atoms. The molecule has 0 radical (unpaired) electrons. The van der Waals surface area contributed by atoms with E-state index in [-0.39, 0.29) is 11.7 Å². The molecule has 2 heterocycles. The van der Waals surface area contributed by atoms with Gasteiger partial charge < -0.3 is 14.5 Å². The Labute approximate surface area is 160 Å². The Balaban J connectivity index is 1.72. The smallest absolute Gasteiger partial charge is 0.291 e. The topological polar surface area (TPSA) is 64.4 Å². The van der Waals surface area contributed by atoms with E-state index in [9.17, 15) is 4.79 Å². The van der Waals surface area contributed by atoms with Crippen molar-refractivity contribution >= 4 is 34.1 Å². The summed E-state index contributed by atoms with van der Waals surface area (Å²) in [6.45, 7) is 0. The van der Waals surface area contributed by atoms with E-state index >= 15 is 0 Å². The first-order valence-electron chi connectivity index (χ1n) is 8.23. The van der Waals surface area contributed by atoms with Gasteiger partial charge in [0, 0.05) is 27.7 Å². The summed E-state index contributed by atoms with van der Waals surface area (Å²) in [6.07, 6.45) is 1.46. The number of furan rings is 1. The second kappa shape index (κ2) is 7.13. The highest BCUT2D eigenvalue weighted by Crippen LogP contribution is 2.32. The summed E-state index contributed by atoms with van der Waals surface area (Å²) in [4.78, 5) is 16.9. The van der Waals surface area contributed by atoms with Crippen molar-refractivity contribution in [3.8, 4) is 17.0 Å². The van der Waals surface area contributed by atoms with Gasteiger partial charge in [-0.2, -0.15) is 0 Å². The number of halogens is 1. The normalized spacial score (nSPS) is 10.7. The molecular weight excluding hydrogens is 364 g/mol. The Kier molecular flexibility index (Phi) is 4.52. The third kappa shape index (κ3) is 3.50. The summed E-state index contributed by atoms with van der Waals surface area (Å²) in [5.74, 6) is 0.599. The molecule has 0 aliphatic rings. The number of carbonyl (C=O) groups excluding carboxylic acids is 1. The summed E-state index contributed by atoms with van der Waals surface area (Å²) in [7, 11) is 1.61. The van der Waals surface area contributed by atoms with Crippen LogP contribution in [-0.4, -0.2) is 18.0 Å². The third-order valence-electron chi connectivity index (χ3n) is 4.13. The van der Waals surface area contributed by atoms with Crippen LogP contribution in [0.3, 0.4) is 0 Å². The van der Waals surface area contributed by atoms with Gasteiger partial charge in [-0.3, -0.25) is 4.79 Å². The number of benzene rings is 2. The fourth-order valence-corrected chi connectivity index (χ4v) is 2.94. The van der Waals surface area contributed by atoms with E-state index in [2.05, 4.69) is 5.32 Å². The van der Waals surface area contributed by atoms with Gasteiger partial charge in [0.15, 0.2) is 5.76 Å². The molecule has 1 N–H and O–H groups in total. The maximum atomic E-state index is 12.2. The van der Waals surface area contributed by atoms with E-state index < -0.39 is 0 Å². The summed E-state index contributed by atoms with van der Waals surface area (Å²) in [5, 5.41) is 4.28. The number of ether oxygens (including phenoxy) is 1. The van der Waals surface area contributed by atoms with Crippen LogP contribution in [0.2, 0.25) is 5.02 Å². The summed E-state index contributed by atoms with van der Waals surface area (Å²) in [5.41, 5.74) is 3.11. The van der Waals surface area contributed by atoms with Crippen LogP contribution in [0.15, 0.2) is 71.3 Å². The molecule has 6 heteroatoms. The van der Waals surface area contributed by atoms with Crippen molar-refractivity contribution < 1.29 is 13.9 Å². The first-order chi connectivity index (χ1) is 13.1. The van der Waals surface area contributed by atoms with E-state index in [0.717, 1.165) is 22.2 Å². The lowest BCUT2D eigenvalue weighted by Gasteiger charge is -2.11. The van der Waals surface area contributed by atoms with Crippen LogP contribution in [0.1, 0.15) is 10.6 Å².